The third-order valence-corrected chi connectivity index (χ3v) is 4.74. The van der Waals surface area contributed by atoms with Gasteiger partial charge >= 0.3 is 0 Å². The zero-order valence-corrected chi connectivity index (χ0v) is 12.6. The van der Waals surface area contributed by atoms with Gasteiger partial charge in [0.1, 0.15) is 0 Å². The van der Waals surface area contributed by atoms with Gasteiger partial charge in [-0.3, -0.25) is 4.90 Å². The number of nitrogens with zero attached hydrogens (tertiary/aromatic N) is 4. The van der Waals surface area contributed by atoms with E-state index in [4.69, 9.17) is 4.52 Å². The fraction of sp³-hybridized carbons (Fsp3) is 0.333. The molecule has 0 saturated carbocycles. The maximum atomic E-state index is 5.40. The number of hydrogen-bond acceptors (Lipinski definition) is 5. The Kier molecular flexibility index (Phi) is 3.12. The normalized spacial score (nSPS) is 18.8. The Morgan fingerprint density at radius 3 is 3.19 bits per heavy atom. The van der Waals surface area contributed by atoms with Gasteiger partial charge in [-0.05, 0) is 30.5 Å². The van der Waals surface area contributed by atoms with Crippen molar-refractivity contribution in [3.05, 3.63) is 46.7 Å². The minimum Gasteiger partial charge on any atom is -0.349 e. The van der Waals surface area contributed by atoms with Gasteiger partial charge in [-0.15, -0.1) is 0 Å². The Labute approximate surface area is 126 Å². The van der Waals surface area contributed by atoms with E-state index in [0.29, 0.717) is 24.3 Å². The molecule has 4 rings (SSSR count). The van der Waals surface area contributed by atoms with Gasteiger partial charge in [-0.25, -0.2) is 0 Å². The van der Waals surface area contributed by atoms with Crippen LogP contribution in [0.5, 0.6) is 0 Å². The van der Waals surface area contributed by atoms with Gasteiger partial charge in [0.2, 0.25) is 11.7 Å². The summed E-state index contributed by atoms with van der Waals surface area (Å²) in [7, 11) is 0. The van der Waals surface area contributed by atoms with Gasteiger partial charge in [0, 0.05) is 42.0 Å². The van der Waals surface area contributed by atoms with Crippen molar-refractivity contribution < 1.29 is 4.52 Å². The van der Waals surface area contributed by atoms with Gasteiger partial charge < -0.3 is 9.09 Å². The highest BCUT2D eigenvalue weighted by Gasteiger charge is 2.25. The molecule has 0 spiro atoms. The van der Waals surface area contributed by atoms with Crippen LogP contribution in [0.25, 0.3) is 11.4 Å². The van der Waals surface area contributed by atoms with Gasteiger partial charge in [0.05, 0.1) is 6.54 Å². The molecule has 0 aliphatic carbocycles. The van der Waals surface area contributed by atoms with E-state index in [-0.39, 0.29) is 0 Å². The summed E-state index contributed by atoms with van der Waals surface area (Å²) in [6.07, 6.45) is 2.14. The van der Waals surface area contributed by atoms with Crippen LogP contribution >= 0.6 is 11.3 Å². The van der Waals surface area contributed by atoms with E-state index in [1.54, 1.807) is 11.3 Å². The molecule has 0 amide bonds. The lowest BCUT2D eigenvalue weighted by Gasteiger charge is -2.33. The summed E-state index contributed by atoms with van der Waals surface area (Å²) in [6, 6.07) is 6.67. The van der Waals surface area contributed by atoms with Crippen molar-refractivity contribution in [2.24, 2.45) is 0 Å². The molecule has 1 unspecified atom stereocenters. The second-order valence-electron chi connectivity index (χ2n) is 5.30. The molecular weight excluding hydrogens is 284 g/mol. The summed E-state index contributed by atoms with van der Waals surface area (Å²) in [5.41, 5.74) is 2.37. The van der Waals surface area contributed by atoms with Crippen molar-refractivity contribution in [1.29, 1.82) is 0 Å². The molecule has 0 N–H and O–H groups in total. The molecule has 0 radical (unpaired) electrons. The quantitative estimate of drug-likeness (QED) is 0.745. The third-order valence-electron chi connectivity index (χ3n) is 4.05. The maximum Gasteiger partial charge on any atom is 0.241 e. The molecule has 6 heteroatoms. The first-order chi connectivity index (χ1) is 10.3. The average molecular weight is 300 g/mol. The highest BCUT2D eigenvalue weighted by molar-refractivity contribution is 7.08. The fourth-order valence-electron chi connectivity index (χ4n) is 2.84. The van der Waals surface area contributed by atoms with Crippen molar-refractivity contribution in [2.45, 2.75) is 26.1 Å². The molecule has 1 aliphatic heterocycles. The molecule has 3 aromatic heterocycles. The first kappa shape index (κ1) is 12.8. The highest BCUT2D eigenvalue weighted by Crippen LogP contribution is 2.27. The number of thiophene rings is 1. The lowest BCUT2D eigenvalue weighted by atomic mass is 10.1. The van der Waals surface area contributed by atoms with Crippen LogP contribution in [0.4, 0.5) is 0 Å². The predicted octanol–water partition coefficient (Wildman–Crippen LogP) is 3.18. The van der Waals surface area contributed by atoms with Crippen LogP contribution in [-0.4, -0.2) is 26.2 Å². The molecule has 5 nitrogen and oxygen atoms in total. The van der Waals surface area contributed by atoms with Crippen LogP contribution in [-0.2, 0) is 13.1 Å². The van der Waals surface area contributed by atoms with Crippen LogP contribution in [0.1, 0.15) is 24.6 Å². The van der Waals surface area contributed by atoms with Crippen molar-refractivity contribution >= 4 is 11.3 Å². The molecule has 3 aromatic rings. The minimum absolute atomic E-state index is 0.366. The second-order valence-corrected chi connectivity index (χ2v) is 6.08. The van der Waals surface area contributed by atoms with Crippen molar-refractivity contribution in [3.63, 3.8) is 0 Å². The highest BCUT2D eigenvalue weighted by atomic mass is 32.1. The summed E-state index contributed by atoms with van der Waals surface area (Å²) in [5, 5.41) is 8.13. The number of rotatable bonds is 3. The van der Waals surface area contributed by atoms with Crippen LogP contribution in [0.15, 0.2) is 39.7 Å². The Balaban J connectivity index is 1.52. The fourth-order valence-corrected chi connectivity index (χ4v) is 3.48. The van der Waals surface area contributed by atoms with E-state index in [1.807, 2.05) is 16.8 Å². The minimum atomic E-state index is 0.366. The molecule has 1 aliphatic rings. The number of aromatic nitrogens is 3. The SMILES string of the molecule is CC1c2cccn2CCN1Cc1nc(-c2ccsc2)no1. The third kappa shape index (κ3) is 2.30. The van der Waals surface area contributed by atoms with Crippen molar-refractivity contribution in [3.8, 4) is 11.4 Å². The van der Waals surface area contributed by atoms with Crippen LogP contribution in [0, 0.1) is 0 Å². The van der Waals surface area contributed by atoms with E-state index in [0.717, 1.165) is 18.7 Å². The molecule has 0 aromatic carbocycles. The van der Waals surface area contributed by atoms with Crippen molar-refractivity contribution in [1.82, 2.24) is 19.6 Å². The monoisotopic (exact) mass is 300 g/mol. The van der Waals surface area contributed by atoms with E-state index >= 15 is 0 Å². The summed E-state index contributed by atoms with van der Waals surface area (Å²) in [6.45, 7) is 4.93. The lowest BCUT2D eigenvalue weighted by molar-refractivity contribution is 0.141. The Bertz CT molecular complexity index is 731. The summed E-state index contributed by atoms with van der Waals surface area (Å²) < 4.78 is 7.72. The Morgan fingerprint density at radius 2 is 2.33 bits per heavy atom. The van der Waals surface area contributed by atoms with Gasteiger partial charge in [-0.2, -0.15) is 16.3 Å². The number of fused-ring (bicyclic) bond motifs is 1. The first-order valence-electron chi connectivity index (χ1n) is 7.05. The van der Waals surface area contributed by atoms with E-state index in [2.05, 4.69) is 44.9 Å². The molecule has 4 heterocycles. The van der Waals surface area contributed by atoms with Gasteiger partial charge in [0.25, 0.3) is 0 Å². The second kappa shape index (κ2) is 5.13. The lowest BCUT2D eigenvalue weighted by Crippen LogP contribution is -2.35. The first-order valence-corrected chi connectivity index (χ1v) is 8.00. The van der Waals surface area contributed by atoms with Gasteiger partial charge in [-0.1, -0.05) is 5.16 Å². The largest absolute Gasteiger partial charge is 0.349 e. The smallest absolute Gasteiger partial charge is 0.241 e. The summed E-state index contributed by atoms with van der Waals surface area (Å²) in [4.78, 5) is 6.88. The molecular formula is C15H16N4OS. The zero-order chi connectivity index (χ0) is 14.2. The van der Waals surface area contributed by atoms with E-state index in [1.165, 1.54) is 5.69 Å². The molecule has 1 atom stereocenters. The molecule has 0 saturated heterocycles. The zero-order valence-electron chi connectivity index (χ0n) is 11.8. The Hall–Kier alpha value is -1.92. The molecule has 21 heavy (non-hydrogen) atoms. The van der Waals surface area contributed by atoms with E-state index in [9.17, 15) is 0 Å². The van der Waals surface area contributed by atoms with Crippen LogP contribution in [0.2, 0.25) is 0 Å². The molecule has 108 valence electrons. The maximum absolute atomic E-state index is 5.40. The van der Waals surface area contributed by atoms with Gasteiger partial charge in [0.15, 0.2) is 0 Å². The molecule has 0 fully saturated rings. The number of hydrogen-bond donors (Lipinski definition) is 0. The van der Waals surface area contributed by atoms with Crippen LogP contribution < -0.4 is 0 Å². The van der Waals surface area contributed by atoms with Crippen LogP contribution in [0.3, 0.4) is 0 Å². The standard InChI is InChI=1S/C15H16N4OS/c1-11-13-3-2-5-18(13)6-7-19(11)9-14-16-15(17-20-14)12-4-8-21-10-12/h2-5,8,10-11H,6-7,9H2,1H3. The van der Waals surface area contributed by atoms with Crippen molar-refractivity contribution in [2.75, 3.05) is 6.54 Å². The summed E-state index contributed by atoms with van der Waals surface area (Å²) in [5.74, 6) is 1.36. The topological polar surface area (TPSA) is 47.1 Å². The Morgan fingerprint density at radius 1 is 1.38 bits per heavy atom. The molecule has 0 bridgehead atoms. The summed E-state index contributed by atoms with van der Waals surface area (Å²) >= 11 is 1.64. The average Bonchev–Trinajstić information content (AvgIpc) is 3.21. The van der Waals surface area contributed by atoms with E-state index < -0.39 is 0 Å². The predicted molar refractivity (Wildman–Crippen MR) is 80.9 cm³/mol.